The molecule has 0 spiro atoms. The van der Waals surface area contributed by atoms with Gasteiger partial charge in [0.15, 0.2) is 0 Å². The number of rotatable bonds is 8. The Hall–Kier alpha value is -1.15. The molecule has 1 aromatic carbocycles. The minimum Gasteiger partial charge on any atom is -0.384 e. The van der Waals surface area contributed by atoms with Crippen molar-refractivity contribution in [1.29, 1.82) is 0 Å². The maximum atomic E-state index is 12.2. The monoisotopic (exact) mass is 436 g/mol. The molecule has 30 heavy (non-hydrogen) atoms. The highest BCUT2D eigenvalue weighted by Crippen LogP contribution is 2.51. The number of aliphatic hydroxyl groups is 1. The summed E-state index contributed by atoms with van der Waals surface area (Å²) in [7, 11) is -1.98. The zero-order valence-corrected chi connectivity index (χ0v) is 18.9. The lowest BCUT2D eigenvalue weighted by Gasteiger charge is -2.46. The molecule has 3 fully saturated rings. The quantitative estimate of drug-likeness (QED) is 0.654. The van der Waals surface area contributed by atoms with Crippen LogP contribution in [0.1, 0.15) is 50.5 Å². The number of anilines is 1. The zero-order chi connectivity index (χ0) is 21.2. The molecule has 6 nitrogen and oxygen atoms in total. The second kappa shape index (κ2) is 9.15. The highest BCUT2D eigenvalue weighted by molar-refractivity contribution is 7.92. The molecule has 2 saturated carbocycles. The molecule has 1 heterocycles. The summed E-state index contributed by atoms with van der Waals surface area (Å²) in [4.78, 5) is 2.59. The van der Waals surface area contributed by atoms with Gasteiger partial charge in [-0.2, -0.15) is 0 Å². The molecule has 1 aliphatic heterocycles. The molecule has 0 radical (unpaired) electrons. The van der Waals surface area contributed by atoms with Gasteiger partial charge in [-0.15, -0.1) is 0 Å². The summed E-state index contributed by atoms with van der Waals surface area (Å²) in [5.74, 6) is 1.15. The van der Waals surface area contributed by atoms with Crippen LogP contribution in [0.15, 0.2) is 24.3 Å². The largest absolute Gasteiger partial charge is 0.384 e. The average molecular weight is 437 g/mol. The first kappa shape index (κ1) is 22.1. The molecule has 2 aliphatic carbocycles. The van der Waals surface area contributed by atoms with Gasteiger partial charge in [-0.1, -0.05) is 31.4 Å². The van der Waals surface area contributed by atoms with Crippen LogP contribution in [-0.2, 0) is 20.4 Å². The number of sulfonamides is 1. The molecule has 1 saturated heterocycles. The number of hydrogen-bond donors (Lipinski definition) is 2. The number of nitrogens with one attached hydrogen (secondary N) is 1. The fraction of sp³-hybridized carbons (Fsp3) is 0.739. The number of likely N-dealkylation sites (tertiary alicyclic amines) is 1. The van der Waals surface area contributed by atoms with E-state index < -0.39 is 15.6 Å². The molecule has 2 atom stereocenters. The predicted octanol–water partition coefficient (Wildman–Crippen LogP) is 3.18. The third-order valence-electron chi connectivity index (χ3n) is 7.46. The van der Waals surface area contributed by atoms with Gasteiger partial charge in [0.1, 0.15) is 0 Å². The highest BCUT2D eigenvalue weighted by Gasteiger charge is 2.54. The van der Waals surface area contributed by atoms with E-state index in [0.29, 0.717) is 5.69 Å². The van der Waals surface area contributed by atoms with E-state index in [-0.39, 0.29) is 24.2 Å². The van der Waals surface area contributed by atoms with Crippen LogP contribution in [0.3, 0.4) is 0 Å². The molecule has 2 bridgehead atoms. The van der Waals surface area contributed by atoms with Gasteiger partial charge in [-0.3, -0.25) is 4.72 Å². The minimum atomic E-state index is -3.47. The van der Waals surface area contributed by atoms with Crippen LogP contribution in [0.2, 0.25) is 0 Å². The first-order chi connectivity index (χ1) is 14.4. The van der Waals surface area contributed by atoms with Crippen LogP contribution >= 0.6 is 0 Å². The van der Waals surface area contributed by atoms with E-state index in [1.807, 2.05) is 18.2 Å². The SMILES string of the molecule is COCCS(=O)(=O)Nc1cccc(C2(O)C3CCC2CN(CC2CCCCC2)C3)c1. The predicted molar refractivity (Wildman–Crippen MR) is 119 cm³/mol. The molecule has 1 aromatic rings. The first-order valence-electron chi connectivity index (χ1n) is 11.5. The Labute approximate surface area is 181 Å². The number of ether oxygens (including phenoxy) is 1. The van der Waals surface area contributed by atoms with Crippen molar-refractivity contribution >= 4 is 15.7 Å². The Kier molecular flexibility index (Phi) is 6.73. The molecular weight excluding hydrogens is 400 g/mol. The minimum absolute atomic E-state index is 0.0840. The van der Waals surface area contributed by atoms with Crippen LogP contribution in [-0.4, -0.2) is 57.5 Å². The summed E-state index contributed by atoms with van der Waals surface area (Å²) < 4.78 is 32.0. The molecular formula is C23H36N2O4S. The maximum Gasteiger partial charge on any atom is 0.234 e. The molecule has 2 unspecified atom stereocenters. The fourth-order valence-electron chi connectivity index (χ4n) is 5.95. The summed E-state index contributed by atoms with van der Waals surface area (Å²) in [5.41, 5.74) is 0.497. The lowest BCUT2D eigenvalue weighted by molar-refractivity contribution is -0.0925. The van der Waals surface area contributed by atoms with Gasteiger partial charge < -0.3 is 14.7 Å². The van der Waals surface area contributed by atoms with Gasteiger partial charge >= 0.3 is 0 Å². The number of benzene rings is 1. The normalized spacial score (nSPS) is 30.5. The number of fused-ring (bicyclic) bond motifs is 2. The molecule has 7 heteroatoms. The van der Waals surface area contributed by atoms with Gasteiger partial charge in [0, 0.05) is 44.3 Å². The molecule has 2 N–H and O–H groups in total. The molecule has 168 valence electrons. The van der Waals surface area contributed by atoms with Gasteiger partial charge in [0.25, 0.3) is 0 Å². The zero-order valence-electron chi connectivity index (χ0n) is 18.1. The van der Waals surface area contributed by atoms with Crippen molar-refractivity contribution in [2.24, 2.45) is 17.8 Å². The van der Waals surface area contributed by atoms with Crippen LogP contribution in [0.5, 0.6) is 0 Å². The summed E-state index contributed by atoms with van der Waals surface area (Å²) in [6.45, 7) is 3.20. The summed E-state index contributed by atoms with van der Waals surface area (Å²) in [6, 6.07) is 7.37. The van der Waals surface area contributed by atoms with E-state index in [1.54, 1.807) is 6.07 Å². The first-order valence-corrected chi connectivity index (χ1v) is 13.1. The lowest BCUT2D eigenvalue weighted by atomic mass is 9.74. The van der Waals surface area contributed by atoms with E-state index >= 15 is 0 Å². The van der Waals surface area contributed by atoms with Crippen molar-refractivity contribution in [3.63, 3.8) is 0 Å². The molecule has 0 amide bonds. The number of hydrogen-bond acceptors (Lipinski definition) is 5. The summed E-state index contributed by atoms with van der Waals surface area (Å²) in [5, 5.41) is 11.8. The van der Waals surface area contributed by atoms with Crippen LogP contribution in [0, 0.1) is 17.8 Å². The van der Waals surface area contributed by atoms with E-state index in [4.69, 9.17) is 4.74 Å². The standard InChI is InChI=1S/C23H36N2O4S/c1-29-12-13-30(27,28)24-22-9-5-8-19(14-22)23(26)20-10-11-21(23)17-25(16-20)15-18-6-3-2-4-7-18/h5,8-9,14,18,20-21,24,26H,2-4,6-7,10-13,15-17H2,1H3. The van der Waals surface area contributed by atoms with Crippen molar-refractivity contribution in [1.82, 2.24) is 4.90 Å². The second-order valence-electron chi connectivity index (χ2n) is 9.51. The van der Waals surface area contributed by atoms with Crippen molar-refractivity contribution in [3.8, 4) is 0 Å². The molecule has 4 rings (SSSR count). The highest BCUT2D eigenvalue weighted by atomic mass is 32.2. The second-order valence-corrected chi connectivity index (χ2v) is 11.4. The van der Waals surface area contributed by atoms with Crippen molar-refractivity contribution < 1.29 is 18.3 Å². The lowest BCUT2D eigenvalue weighted by Crippen LogP contribution is -2.52. The Morgan fingerprint density at radius 3 is 2.50 bits per heavy atom. The Balaban J connectivity index is 1.46. The van der Waals surface area contributed by atoms with E-state index in [2.05, 4.69) is 9.62 Å². The number of nitrogens with zero attached hydrogens (tertiary/aromatic N) is 1. The van der Waals surface area contributed by atoms with Gasteiger partial charge in [0.05, 0.1) is 18.0 Å². The van der Waals surface area contributed by atoms with E-state index in [9.17, 15) is 13.5 Å². The van der Waals surface area contributed by atoms with Crippen molar-refractivity contribution in [2.75, 3.05) is 43.8 Å². The maximum absolute atomic E-state index is 12.2. The Morgan fingerprint density at radius 1 is 1.13 bits per heavy atom. The Bertz CT molecular complexity index is 808. The third-order valence-corrected chi connectivity index (χ3v) is 8.71. The van der Waals surface area contributed by atoms with Gasteiger partial charge in [0.2, 0.25) is 10.0 Å². The topological polar surface area (TPSA) is 78.9 Å². The van der Waals surface area contributed by atoms with E-state index in [1.165, 1.54) is 45.8 Å². The van der Waals surface area contributed by atoms with Crippen LogP contribution in [0.4, 0.5) is 5.69 Å². The Morgan fingerprint density at radius 2 is 1.83 bits per heavy atom. The van der Waals surface area contributed by atoms with Crippen LogP contribution in [0.25, 0.3) is 0 Å². The van der Waals surface area contributed by atoms with Gasteiger partial charge in [-0.25, -0.2) is 8.42 Å². The average Bonchev–Trinajstić information content (AvgIpc) is 2.90. The van der Waals surface area contributed by atoms with Crippen molar-refractivity contribution in [3.05, 3.63) is 29.8 Å². The number of methoxy groups -OCH3 is 1. The number of piperidine rings is 1. The fourth-order valence-corrected chi connectivity index (χ4v) is 6.92. The summed E-state index contributed by atoms with van der Waals surface area (Å²) in [6.07, 6.45) is 8.87. The summed E-state index contributed by atoms with van der Waals surface area (Å²) >= 11 is 0. The van der Waals surface area contributed by atoms with Gasteiger partial charge in [-0.05, 0) is 49.3 Å². The van der Waals surface area contributed by atoms with E-state index in [0.717, 1.165) is 37.4 Å². The van der Waals surface area contributed by atoms with Crippen molar-refractivity contribution in [2.45, 2.75) is 50.5 Å². The molecule has 0 aromatic heterocycles. The molecule has 3 aliphatic rings. The van der Waals surface area contributed by atoms with Crippen LogP contribution < -0.4 is 4.72 Å². The third kappa shape index (κ3) is 4.69. The smallest absolute Gasteiger partial charge is 0.234 e.